The van der Waals surface area contributed by atoms with Gasteiger partial charge in [0.25, 0.3) is 0 Å². The Balaban J connectivity index is 4.51. The van der Waals surface area contributed by atoms with E-state index in [0.717, 1.165) is 13.8 Å². The lowest BCUT2D eigenvalue weighted by molar-refractivity contribution is -0.154. The number of ether oxygens (including phenoxy) is 1. The number of carbonyl (C=O) groups excluding carboxylic acids is 4. The van der Waals surface area contributed by atoms with Gasteiger partial charge in [-0.05, 0) is 13.8 Å². The molecule has 0 amide bonds. The number of ketones is 2. The molecule has 0 aromatic rings. The van der Waals surface area contributed by atoms with Crippen molar-refractivity contribution in [3.63, 3.8) is 0 Å². The number of Topliss-reactive ketones (excluding diaryl/α,β-unsaturated/α-hetero) is 2. The molecule has 0 saturated carbocycles. The second kappa shape index (κ2) is 4.99. The lowest BCUT2D eigenvalue weighted by Gasteiger charge is -2.02. The Bertz CT molecular complexity index is 339. The molecule has 0 bridgehead atoms. The molecule has 0 fully saturated rings. The van der Waals surface area contributed by atoms with Crippen molar-refractivity contribution < 1.29 is 23.9 Å². The van der Waals surface area contributed by atoms with E-state index < -0.39 is 34.7 Å². The van der Waals surface area contributed by atoms with Gasteiger partial charge in [-0.3, -0.25) is 9.59 Å². The van der Waals surface area contributed by atoms with Crippen molar-refractivity contribution in [2.45, 2.75) is 13.8 Å². The first kappa shape index (κ1) is 13.0. The number of rotatable bonds is 4. The number of hydrogen-bond acceptors (Lipinski definition) is 5. The van der Waals surface area contributed by atoms with E-state index in [1.807, 2.05) is 0 Å². The van der Waals surface area contributed by atoms with Crippen LogP contribution >= 0.6 is 0 Å². The van der Waals surface area contributed by atoms with Crippen molar-refractivity contribution in [2.24, 2.45) is 0 Å². The molecule has 0 aromatic heterocycles. The molecule has 0 aliphatic rings. The van der Waals surface area contributed by atoms with Gasteiger partial charge in [0.15, 0.2) is 11.6 Å². The van der Waals surface area contributed by atoms with Crippen LogP contribution in [0.25, 0.3) is 0 Å². The van der Waals surface area contributed by atoms with Crippen LogP contribution in [0.5, 0.6) is 0 Å². The summed E-state index contributed by atoms with van der Waals surface area (Å²) in [4.78, 5) is 43.4. The van der Waals surface area contributed by atoms with Gasteiger partial charge in [0.05, 0.1) is 11.1 Å². The molecule has 5 heteroatoms. The molecule has 0 unspecified atom stereocenters. The Morgan fingerprint density at radius 1 is 0.800 bits per heavy atom. The predicted molar refractivity (Wildman–Crippen MR) is 50.7 cm³/mol. The van der Waals surface area contributed by atoms with Gasteiger partial charge < -0.3 is 4.74 Å². The molecule has 0 radical (unpaired) electrons. The number of esters is 2. The molecule has 0 rings (SSSR count). The van der Waals surface area contributed by atoms with Gasteiger partial charge in [-0.1, -0.05) is 13.2 Å². The summed E-state index contributed by atoms with van der Waals surface area (Å²) in [5.74, 6) is -3.56. The highest BCUT2D eigenvalue weighted by molar-refractivity contribution is 6.22. The van der Waals surface area contributed by atoms with Crippen LogP contribution in [0.4, 0.5) is 0 Å². The third kappa shape index (κ3) is 3.68. The molecule has 0 spiro atoms. The Morgan fingerprint density at radius 2 is 1.07 bits per heavy atom. The lowest BCUT2D eigenvalue weighted by Crippen LogP contribution is -2.20. The fraction of sp³-hybridized carbons (Fsp3) is 0.200. The average molecular weight is 210 g/mol. The Kier molecular flexibility index (Phi) is 4.32. The minimum Gasteiger partial charge on any atom is -0.386 e. The highest BCUT2D eigenvalue weighted by Crippen LogP contribution is 2.01. The number of hydrogen-bond donors (Lipinski definition) is 0. The van der Waals surface area contributed by atoms with E-state index in [1.165, 1.54) is 0 Å². The second-order valence-electron chi connectivity index (χ2n) is 2.75. The quantitative estimate of drug-likeness (QED) is 0.289. The SMILES string of the molecule is C=C(C(C)=O)C(=O)OC(=O)C(=C)C(C)=O. The van der Waals surface area contributed by atoms with E-state index >= 15 is 0 Å². The summed E-state index contributed by atoms with van der Waals surface area (Å²) in [6.45, 7) is 8.45. The zero-order chi connectivity index (χ0) is 12.2. The molecule has 0 saturated heterocycles. The maximum absolute atomic E-state index is 11.0. The van der Waals surface area contributed by atoms with Crippen molar-refractivity contribution in [1.82, 2.24) is 0 Å². The van der Waals surface area contributed by atoms with Crippen LogP contribution in [0.2, 0.25) is 0 Å². The van der Waals surface area contributed by atoms with Gasteiger partial charge in [0.2, 0.25) is 0 Å². The first-order valence-corrected chi connectivity index (χ1v) is 3.93. The van der Waals surface area contributed by atoms with Crippen molar-refractivity contribution >= 4 is 23.5 Å². The maximum atomic E-state index is 11.0. The highest BCUT2D eigenvalue weighted by Gasteiger charge is 2.20. The van der Waals surface area contributed by atoms with E-state index in [1.54, 1.807) is 0 Å². The van der Waals surface area contributed by atoms with Gasteiger partial charge in [-0.15, -0.1) is 0 Å². The fourth-order valence-electron chi connectivity index (χ4n) is 0.495. The summed E-state index contributed by atoms with van der Waals surface area (Å²) in [6, 6.07) is 0. The third-order valence-electron chi connectivity index (χ3n) is 1.53. The summed E-state index contributed by atoms with van der Waals surface area (Å²) < 4.78 is 4.18. The second-order valence-corrected chi connectivity index (χ2v) is 2.75. The Hall–Kier alpha value is -2.04. The molecule has 0 aromatic carbocycles. The first-order valence-electron chi connectivity index (χ1n) is 3.93. The molecule has 80 valence electrons. The fourth-order valence-corrected chi connectivity index (χ4v) is 0.495. The Labute approximate surface area is 86.4 Å². The van der Waals surface area contributed by atoms with Crippen LogP contribution in [0.3, 0.4) is 0 Å². The van der Waals surface area contributed by atoms with Crippen LogP contribution < -0.4 is 0 Å². The van der Waals surface area contributed by atoms with Gasteiger partial charge in [0.1, 0.15) is 0 Å². The monoisotopic (exact) mass is 210 g/mol. The summed E-state index contributed by atoms with van der Waals surface area (Å²) in [7, 11) is 0. The molecule has 5 nitrogen and oxygen atoms in total. The normalized spacial score (nSPS) is 8.93. The molecule has 0 aliphatic heterocycles. The zero-order valence-corrected chi connectivity index (χ0v) is 8.46. The summed E-state index contributed by atoms with van der Waals surface area (Å²) >= 11 is 0. The predicted octanol–water partition coefficient (Wildman–Crippen LogP) is 0.347. The molecule has 0 N–H and O–H groups in total. The van der Waals surface area contributed by atoms with Crippen LogP contribution in [0, 0.1) is 0 Å². The summed E-state index contributed by atoms with van der Waals surface area (Å²) in [5.41, 5.74) is -0.917. The topological polar surface area (TPSA) is 77.5 Å². The molecule has 0 heterocycles. The van der Waals surface area contributed by atoms with Crippen LogP contribution in [0.1, 0.15) is 13.8 Å². The minimum atomic E-state index is -1.17. The van der Waals surface area contributed by atoms with E-state index in [4.69, 9.17) is 0 Å². The van der Waals surface area contributed by atoms with Crippen molar-refractivity contribution in [3.8, 4) is 0 Å². The average Bonchev–Trinajstić information content (AvgIpc) is 2.14. The largest absolute Gasteiger partial charge is 0.386 e. The smallest absolute Gasteiger partial charge is 0.349 e. The zero-order valence-electron chi connectivity index (χ0n) is 8.46. The maximum Gasteiger partial charge on any atom is 0.349 e. The molecule has 0 atom stereocenters. The van der Waals surface area contributed by atoms with Crippen molar-refractivity contribution in [3.05, 3.63) is 24.3 Å². The van der Waals surface area contributed by atoms with E-state index in [-0.39, 0.29) is 0 Å². The van der Waals surface area contributed by atoms with Gasteiger partial charge in [-0.2, -0.15) is 0 Å². The van der Waals surface area contributed by atoms with Crippen molar-refractivity contribution in [1.29, 1.82) is 0 Å². The van der Waals surface area contributed by atoms with E-state index in [2.05, 4.69) is 17.9 Å². The van der Waals surface area contributed by atoms with Crippen LogP contribution in [-0.2, 0) is 23.9 Å². The van der Waals surface area contributed by atoms with Crippen LogP contribution in [-0.4, -0.2) is 23.5 Å². The van der Waals surface area contributed by atoms with Gasteiger partial charge in [0, 0.05) is 0 Å². The van der Waals surface area contributed by atoms with Gasteiger partial charge in [-0.25, -0.2) is 9.59 Å². The number of carbonyl (C=O) groups is 4. The Morgan fingerprint density at radius 3 is 1.27 bits per heavy atom. The standard InChI is InChI=1S/C10H10O5/c1-5(7(3)11)9(13)15-10(14)6(2)8(4)12/h1-2H2,3-4H3. The summed E-state index contributed by atoms with van der Waals surface area (Å²) in [6.07, 6.45) is 0. The summed E-state index contributed by atoms with van der Waals surface area (Å²) in [5, 5.41) is 0. The van der Waals surface area contributed by atoms with E-state index in [0.29, 0.717) is 0 Å². The minimum absolute atomic E-state index is 0.459. The van der Waals surface area contributed by atoms with E-state index in [9.17, 15) is 19.2 Å². The van der Waals surface area contributed by atoms with Crippen LogP contribution in [0.15, 0.2) is 24.3 Å². The first-order chi connectivity index (χ1) is 6.77. The molecule has 0 aliphatic carbocycles. The molecular weight excluding hydrogens is 200 g/mol. The molecule has 15 heavy (non-hydrogen) atoms. The third-order valence-corrected chi connectivity index (χ3v) is 1.53. The van der Waals surface area contributed by atoms with Crippen molar-refractivity contribution in [2.75, 3.05) is 0 Å². The molecular formula is C10H10O5. The van der Waals surface area contributed by atoms with Gasteiger partial charge >= 0.3 is 11.9 Å². The highest BCUT2D eigenvalue weighted by atomic mass is 16.6. The lowest BCUT2D eigenvalue weighted by atomic mass is 10.2.